The van der Waals surface area contributed by atoms with Gasteiger partial charge in [0.05, 0.1) is 16.7 Å². The third-order valence-electron chi connectivity index (χ3n) is 7.85. The van der Waals surface area contributed by atoms with Crippen LogP contribution in [0.15, 0.2) is 43.1 Å². The molecule has 1 aliphatic rings. The minimum atomic E-state index is -0.556. The van der Waals surface area contributed by atoms with Crippen LogP contribution in [0, 0.1) is 5.82 Å². The molecule has 1 aliphatic heterocycles. The van der Waals surface area contributed by atoms with Crippen LogP contribution in [0.3, 0.4) is 0 Å². The number of likely N-dealkylation sites (N-methyl/N-ethyl adjacent to an activating group) is 1. The van der Waals surface area contributed by atoms with Gasteiger partial charge in [-0.1, -0.05) is 44.2 Å². The van der Waals surface area contributed by atoms with Gasteiger partial charge in [0.15, 0.2) is 5.82 Å². The minimum absolute atomic E-state index is 0.0952. The van der Waals surface area contributed by atoms with E-state index in [1.165, 1.54) is 6.08 Å². The highest BCUT2D eigenvalue weighted by atomic mass is 35.5. The fraction of sp³-hybridized carbons (Fsp3) is 0.400. The van der Waals surface area contributed by atoms with Gasteiger partial charge in [-0.05, 0) is 50.7 Å². The summed E-state index contributed by atoms with van der Waals surface area (Å²) in [5.41, 5.74) is 1.75. The Balaban J connectivity index is 1.64. The van der Waals surface area contributed by atoms with Crippen LogP contribution in [0.5, 0.6) is 6.01 Å². The number of anilines is 1. The van der Waals surface area contributed by atoms with Crippen LogP contribution in [0.25, 0.3) is 32.9 Å². The van der Waals surface area contributed by atoms with Gasteiger partial charge >= 0.3 is 6.01 Å². The largest absolute Gasteiger partial charge is 0.462 e. The number of halogens is 2. The first-order valence-corrected chi connectivity index (χ1v) is 14.3. The number of rotatable bonds is 9. The summed E-state index contributed by atoms with van der Waals surface area (Å²) in [6, 6.07) is 7.11. The molecule has 0 radical (unpaired) electrons. The fourth-order valence-electron chi connectivity index (χ4n) is 5.53. The lowest BCUT2D eigenvalue weighted by atomic mass is 9.99. The van der Waals surface area contributed by atoms with E-state index in [-0.39, 0.29) is 40.1 Å². The molecule has 9 nitrogen and oxygen atoms in total. The molecule has 1 saturated heterocycles. The number of hydrogen-bond donors (Lipinski definition) is 1. The summed E-state index contributed by atoms with van der Waals surface area (Å²) in [6.07, 6.45) is 2.99. The van der Waals surface area contributed by atoms with E-state index in [9.17, 15) is 4.79 Å². The zero-order valence-electron chi connectivity index (χ0n) is 23.8. The highest BCUT2D eigenvalue weighted by molar-refractivity contribution is 6.35. The van der Waals surface area contributed by atoms with Gasteiger partial charge in [-0.3, -0.25) is 9.89 Å². The van der Waals surface area contributed by atoms with Crippen LogP contribution in [0.4, 0.5) is 10.2 Å². The Bertz CT molecular complexity index is 1590. The van der Waals surface area contributed by atoms with Crippen LogP contribution in [-0.2, 0) is 4.79 Å². The van der Waals surface area contributed by atoms with Gasteiger partial charge in [0.1, 0.15) is 17.9 Å². The Hall–Kier alpha value is -3.76. The molecule has 216 valence electrons. The standard InChI is InChI=1S/C30H35ClFN7O2/c1-6-25(40)38-16-19(5)39(17-18(38)4)29-21-14-23(31)26(20-10-9-11-24-22(20)15-33-36-24)27(32)28(21)34-30(35-29)41-13-12-37(7-2)8-3/h6,9-11,14-15,18-19H,1,7-8,12-13,16-17H2,2-5H3,(H,33,36)/t18-,19+/m1/s1. The van der Waals surface area contributed by atoms with Gasteiger partial charge in [0, 0.05) is 48.1 Å². The molecule has 41 heavy (non-hydrogen) atoms. The van der Waals surface area contributed by atoms with E-state index >= 15 is 4.39 Å². The fourth-order valence-corrected chi connectivity index (χ4v) is 5.82. The number of aromatic nitrogens is 4. The topological polar surface area (TPSA) is 90.5 Å². The Morgan fingerprint density at radius 1 is 1.22 bits per heavy atom. The number of nitrogens with zero attached hydrogens (tertiary/aromatic N) is 6. The molecule has 1 amide bonds. The van der Waals surface area contributed by atoms with E-state index in [0.29, 0.717) is 43.0 Å². The van der Waals surface area contributed by atoms with Crippen molar-refractivity contribution in [3.8, 4) is 17.1 Å². The van der Waals surface area contributed by atoms with Crippen molar-refractivity contribution in [2.24, 2.45) is 0 Å². The third-order valence-corrected chi connectivity index (χ3v) is 8.14. The van der Waals surface area contributed by atoms with Gasteiger partial charge in [0.2, 0.25) is 5.91 Å². The Labute approximate surface area is 243 Å². The SMILES string of the molecule is C=CC(=O)N1C[C@H](C)N(c2nc(OCCN(CC)CC)nc3c(F)c(-c4cccc5[nH]ncc45)c(Cl)cc23)C[C@H]1C. The lowest BCUT2D eigenvalue weighted by Gasteiger charge is -2.44. The number of nitrogens with one attached hydrogen (secondary N) is 1. The van der Waals surface area contributed by atoms with Crippen LogP contribution < -0.4 is 9.64 Å². The van der Waals surface area contributed by atoms with Crippen molar-refractivity contribution in [2.75, 3.05) is 44.2 Å². The highest BCUT2D eigenvalue weighted by Gasteiger charge is 2.34. The van der Waals surface area contributed by atoms with Crippen LogP contribution in [0.1, 0.15) is 27.7 Å². The van der Waals surface area contributed by atoms with Crippen molar-refractivity contribution in [3.63, 3.8) is 0 Å². The smallest absolute Gasteiger partial charge is 0.319 e. The molecular weight excluding hydrogens is 545 g/mol. The normalized spacial score (nSPS) is 17.5. The van der Waals surface area contributed by atoms with Crippen LogP contribution in [-0.4, -0.2) is 87.3 Å². The van der Waals surface area contributed by atoms with Gasteiger partial charge < -0.3 is 19.4 Å². The predicted octanol–water partition coefficient (Wildman–Crippen LogP) is 5.30. The Kier molecular flexibility index (Phi) is 8.42. The number of benzene rings is 2. The summed E-state index contributed by atoms with van der Waals surface area (Å²) in [4.78, 5) is 27.9. The van der Waals surface area contributed by atoms with E-state index in [1.54, 1.807) is 17.2 Å². The summed E-state index contributed by atoms with van der Waals surface area (Å²) in [7, 11) is 0. The quantitative estimate of drug-likeness (QED) is 0.269. The van der Waals surface area contributed by atoms with E-state index in [4.69, 9.17) is 21.3 Å². The lowest BCUT2D eigenvalue weighted by Crippen LogP contribution is -2.58. The molecule has 0 unspecified atom stereocenters. The van der Waals surface area contributed by atoms with Crippen molar-refractivity contribution in [3.05, 3.63) is 54.0 Å². The average molecular weight is 580 g/mol. The summed E-state index contributed by atoms with van der Waals surface area (Å²) < 4.78 is 22.6. The van der Waals surface area contributed by atoms with Crippen molar-refractivity contribution < 1.29 is 13.9 Å². The molecule has 0 spiro atoms. The van der Waals surface area contributed by atoms with E-state index < -0.39 is 5.82 Å². The third kappa shape index (κ3) is 5.46. The maximum atomic E-state index is 16.6. The molecule has 5 rings (SSSR count). The molecule has 0 bridgehead atoms. The van der Waals surface area contributed by atoms with Crippen LogP contribution >= 0.6 is 11.6 Å². The minimum Gasteiger partial charge on any atom is -0.462 e. The molecule has 1 fully saturated rings. The number of fused-ring (bicyclic) bond motifs is 2. The Morgan fingerprint density at radius 3 is 2.73 bits per heavy atom. The van der Waals surface area contributed by atoms with Crippen LogP contribution in [0.2, 0.25) is 5.02 Å². The number of ether oxygens (including phenoxy) is 1. The van der Waals surface area contributed by atoms with Crippen molar-refractivity contribution >= 4 is 45.1 Å². The first-order chi connectivity index (χ1) is 19.8. The number of hydrogen-bond acceptors (Lipinski definition) is 7. The summed E-state index contributed by atoms with van der Waals surface area (Å²) >= 11 is 6.81. The second-order valence-corrected chi connectivity index (χ2v) is 10.7. The van der Waals surface area contributed by atoms with E-state index in [2.05, 4.69) is 45.4 Å². The van der Waals surface area contributed by atoms with Gasteiger partial charge in [-0.25, -0.2) is 4.39 Å². The van der Waals surface area contributed by atoms with Crippen molar-refractivity contribution in [2.45, 2.75) is 39.8 Å². The van der Waals surface area contributed by atoms with Crippen molar-refractivity contribution in [1.29, 1.82) is 0 Å². The first-order valence-electron chi connectivity index (χ1n) is 13.9. The number of amides is 1. The molecule has 2 aromatic heterocycles. The zero-order chi connectivity index (χ0) is 29.3. The monoisotopic (exact) mass is 579 g/mol. The molecule has 0 saturated carbocycles. The summed E-state index contributed by atoms with van der Waals surface area (Å²) in [5, 5.41) is 8.52. The number of carbonyl (C=O) groups excluding carboxylic acids is 1. The molecule has 2 aromatic carbocycles. The molecule has 11 heteroatoms. The molecule has 0 aliphatic carbocycles. The van der Waals surface area contributed by atoms with E-state index in [0.717, 1.165) is 24.0 Å². The van der Waals surface area contributed by atoms with Gasteiger partial charge in [-0.15, -0.1) is 0 Å². The second kappa shape index (κ2) is 12.0. The number of aromatic amines is 1. The highest BCUT2D eigenvalue weighted by Crippen LogP contribution is 2.41. The first kappa shape index (κ1) is 28.8. The van der Waals surface area contributed by atoms with Crippen molar-refractivity contribution in [1.82, 2.24) is 30.0 Å². The second-order valence-electron chi connectivity index (χ2n) is 10.3. The molecule has 1 N–H and O–H groups in total. The number of carbonyl (C=O) groups is 1. The van der Waals surface area contributed by atoms with E-state index in [1.807, 2.05) is 32.0 Å². The maximum Gasteiger partial charge on any atom is 0.319 e. The zero-order valence-corrected chi connectivity index (χ0v) is 24.6. The number of H-pyrrole nitrogens is 1. The summed E-state index contributed by atoms with van der Waals surface area (Å²) in [5.74, 6) is -0.157. The molecule has 2 atom stereocenters. The average Bonchev–Trinajstić information content (AvgIpc) is 3.46. The Morgan fingerprint density at radius 2 is 2.00 bits per heavy atom. The lowest BCUT2D eigenvalue weighted by molar-refractivity contribution is -0.128. The summed E-state index contributed by atoms with van der Waals surface area (Å²) in [6.45, 7) is 15.6. The maximum absolute atomic E-state index is 16.6. The molecular formula is C30H35ClFN7O2. The van der Waals surface area contributed by atoms with Gasteiger partial charge in [-0.2, -0.15) is 15.1 Å². The molecule has 3 heterocycles. The van der Waals surface area contributed by atoms with Gasteiger partial charge in [0.25, 0.3) is 0 Å². The molecule has 4 aromatic rings. The number of piperazine rings is 1. The predicted molar refractivity (Wildman–Crippen MR) is 161 cm³/mol.